The molecule has 5 heteroatoms. The van der Waals surface area contributed by atoms with Crippen LogP contribution in [0.15, 0.2) is 0 Å². The van der Waals surface area contributed by atoms with Crippen molar-refractivity contribution in [1.82, 2.24) is 0 Å². The van der Waals surface area contributed by atoms with Gasteiger partial charge in [0.25, 0.3) is 0 Å². The van der Waals surface area contributed by atoms with E-state index in [-0.39, 0.29) is 25.0 Å². The van der Waals surface area contributed by atoms with Crippen molar-refractivity contribution in [2.24, 2.45) is 11.8 Å². The normalized spacial score (nSPS) is 50.6. The largest absolute Gasteiger partial charge is 0.396 e. The molecule has 94 valence electrons. The number of fused-ring (bicyclic) bond motifs is 1. The highest BCUT2D eigenvalue weighted by atomic mass is 16.8. The van der Waals surface area contributed by atoms with Gasteiger partial charge in [-0.15, -0.1) is 0 Å². The zero-order valence-electron chi connectivity index (χ0n) is 9.88. The van der Waals surface area contributed by atoms with Gasteiger partial charge >= 0.3 is 0 Å². The summed E-state index contributed by atoms with van der Waals surface area (Å²) in [6, 6.07) is 0. The van der Waals surface area contributed by atoms with Crippen LogP contribution in [0.5, 0.6) is 0 Å². The van der Waals surface area contributed by atoms with Crippen LogP contribution in [0.3, 0.4) is 0 Å². The summed E-state index contributed by atoms with van der Waals surface area (Å²) in [6.07, 6.45) is -1.29. The van der Waals surface area contributed by atoms with E-state index in [1.165, 1.54) is 0 Å². The maximum Gasteiger partial charge on any atom is 0.164 e. The van der Waals surface area contributed by atoms with Crippen LogP contribution in [-0.4, -0.2) is 52.1 Å². The smallest absolute Gasteiger partial charge is 0.164 e. The van der Waals surface area contributed by atoms with Gasteiger partial charge in [0.05, 0.1) is 12.7 Å². The van der Waals surface area contributed by atoms with Crippen molar-refractivity contribution in [3.63, 3.8) is 0 Å². The lowest BCUT2D eigenvalue weighted by molar-refractivity contribution is -0.198. The second kappa shape index (κ2) is 3.65. The molecule has 0 amide bonds. The van der Waals surface area contributed by atoms with Crippen molar-refractivity contribution in [2.45, 2.75) is 44.4 Å². The minimum atomic E-state index is -0.975. The Morgan fingerprint density at radius 2 is 1.88 bits per heavy atom. The molecular formula is C11H20O5. The lowest BCUT2D eigenvalue weighted by Crippen LogP contribution is -2.48. The maximum absolute atomic E-state index is 10.1. The maximum atomic E-state index is 10.1. The molecule has 1 saturated carbocycles. The van der Waals surface area contributed by atoms with Crippen molar-refractivity contribution in [3.8, 4) is 0 Å². The lowest BCUT2D eigenvalue weighted by atomic mass is 9.87. The van der Waals surface area contributed by atoms with Crippen LogP contribution in [0, 0.1) is 11.8 Å². The zero-order chi connectivity index (χ0) is 12.1. The van der Waals surface area contributed by atoms with Gasteiger partial charge in [0.2, 0.25) is 0 Å². The number of hydrogen-bond acceptors (Lipinski definition) is 5. The summed E-state index contributed by atoms with van der Waals surface area (Å²) in [4.78, 5) is 0. The van der Waals surface area contributed by atoms with Gasteiger partial charge in [-0.25, -0.2) is 0 Å². The van der Waals surface area contributed by atoms with Crippen LogP contribution in [0.4, 0.5) is 0 Å². The molecule has 1 aliphatic heterocycles. The summed E-state index contributed by atoms with van der Waals surface area (Å²) in [5.74, 6) is -1.29. The molecule has 2 rings (SSSR count). The quantitative estimate of drug-likeness (QED) is 0.597. The van der Waals surface area contributed by atoms with Crippen molar-refractivity contribution in [3.05, 3.63) is 0 Å². The van der Waals surface area contributed by atoms with E-state index in [4.69, 9.17) is 9.47 Å². The second-order valence-corrected chi connectivity index (χ2v) is 5.29. The van der Waals surface area contributed by atoms with E-state index in [1.807, 2.05) is 6.92 Å². The van der Waals surface area contributed by atoms with Gasteiger partial charge in [-0.2, -0.15) is 0 Å². The van der Waals surface area contributed by atoms with Gasteiger partial charge < -0.3 is 24.8 Å². The van der Waals surface area contributed by atoms with Gasteiger partial charge in [-0.1, -0.05) is 6.92 Å². The van der Waals surface area contributed by atoms with Crippen LogP contribution in [-0.2, 0) is 9.47 Å². The van der Waals surface area contributed by atoms with Crippen LogP contribution in [0.2, 0.25) is 0 Å². The highest BCUT2D eigenvalue weighted by molar-refractivity contribution is 5.12. The van der Waals surface area contributed by atoms with Gasteiger partial charge in [-0.3, -0.25) is 0 Å². The molecule has 0 aromatic heterocycles. The Bertz CT molecular complexity index is 280. The number of aliphatic hydroxyl groups excluding tert-OH is 3. The van der Waals surface area contributed by atoms with E-state index in [0.717, 1.165) is 0 Å². The fourth-order valence-electron chi connectivity index (χ4n) is 3.11. The van der Waals surface area contributed by atoms with Crippen LogP contribution >= 0.6 is 0 Å². The number of hydrogen-bond donors (Lipinski definition) is 3. The molecule has 0 bridgehead atoms. The first-order valence-corrected chi connectivity index (χ1v) is 5.66. The van der Waals surface area contributed by atoms with Crippen molar-refractivity contribution < 1.29 is 24.8 Å². The van der Waals surface area contributed by atoms with E-state index in [2.05, 4.69) is 0 Å². The Balaban J connectivity index is 2.37. The molecule has 0 aromatic rings. The average Bonchev–Trinajstić information content (AvgIpc) is 2.59. The fourth-order valence-corrected chi connectivity index (χ4v) is 3.11. The van der Waals surface area contributed by atoms with E-state index < -0.39 is 23.6 Å². The Morgan fingerprint density at radius 1 is 1.25 bits per heavy atom. The highest BCUT2D eigenvalue weighted by Crippen LogP contribution is 2.51. The first-order chi connectivity index (χ1) is 7.38. The molecule has 5 atom stereocenters. The number of ether oxygens (including phenoxy) is 2. The average molecular weight is 232 g/mol. The first kappa shape index (κ1) is 12.3. The molecule has 0 unspecified atom stereocenters. The Hall–Kier alpha value is -0.200. The van der Waals surface area contributed by atoms with Gasteiger partial charge in [-0.05, 0) is 19.8 Å². The molecular weight excluding hydrogens is 212 g/mol. The predicted molar refractivity (Wildman–Crippen MR) is 55.6 cm³/mol. The Kier molecular flexibility index (Phi) is 2.79. The van der Waals surface area contributed by atoms with Crippen LogP contribution < -0.4 is 0 Å². The minimum Gasteiger partial charge on any atom is -0.396 e. The predicted octanol–water partition coefficient (Wildman–Crippen LogP) is -0.512. The summed E-state index contributed by atoms with van der Waals surface area (Å²) in [5, 5.41) is 29.0. The van der Waals surface area contributed by atoms with E-state index in [1.54, 1.807) is 13.8 Å². The third-order valence-corrected chi connectivity index (χ3v) is 3.88. The lowest BCUT2D eigenvalue weighted by Gasteiger charge is -2.32. The van der Waals surface area contributed by atoms with Gasteiger partial charge in [0.1, 0.15) is 11.7 Å². The number of rotatable bonds is 2. The molecule has 3 N–H and O–H groups in total. The van der Waals surface area contributed by atoms with E-state index >= 15 is 0 Å². The summed E-state index contributed by atoms with van der Waals surface area (Å²) in [5.41, 5.74) is -0.975. The zero-order valence-corrected chi connectivity index (χ0v) is 9.88. The van der Waals surface area contributed by atoms with Gasteiger partial charge in [0, 0.05) is 12.5 Å². The molecule has 0 spiro atoms. The molecule has 0 aromatic carbocycles. The minimum absolute atomic E-state index is 0.130. The molecule has 5 nitrogen and oxygen atoms in total. The monoisotopic (exact) mass is 232 g/mol. The Labute approximate surface area is 95.0 Å². The number of aliphatic hydroxyl groups is 3. The Morgan fingerprint density at radius 3 is 2.38 bits per heavy atom. The summed E-state index contributed by atoms with van der Waals surface area (Å²) in [7, 11) is 0. The summed E-state index contributed by atoms with van der Waals surface area (Å²) < 4.78 is 11.4. The van der Waals surface area contributed by atoms with Crippen molar-refractivity contribution in [2.75, 3.05) is 13.2 Å². The SMILES string of the molecule is C[C@H]1[C@@H](O)[C@H]2OC(C)(C)O[C@@]2(CO)[C@@H]1CO. The third-order valence-electron chi connectivity index (χ3n) is 3.88. The highest BCUT2D eigenvalue weighted by Gasteiger charge is 2.66. The molecule has 2 aliphatic rings. The standard InChI is InChI=1S/C11H20O5/c1-6-7(4-12)11(5-13)9(8(6)14)15-10(2,3)16-11/h6-9,12-14H,4-5H2,1-3H3/t6-,7-,8-,9-,11+/m1/s1. The van der Waals surface area contributed by atoms with Crippen molar-refractivity contribution >= 4 is 0 Å². The fraction of sp³-hybridized carbons (Fsp3) is 1.00. The van der Waals surface area contributed by atoms with Gasteiger partial charge in [0.15, 0.2) is 5.79 Å². The van der Waals surface area contributed by atoms with Crippen LogP contribution in [0.1, 0.15) is 20.8 Å². The van der Waals surface area contributed by atoms with Crippen LogP contribution in [0.25, 0.3) is 0 Å². The molecule has 1 aliphatic carbocycles. The second-order valence-electron chi connectivity index (χ2n) is 5.29. The molecule has 16 heavy (non-hydrogen) atoms. The topological polar surface area (TPSA) is 79.2 Å². The first-order valence-electron chi connectivity index (χ1n) is 5.66. The van der Waals surface area contributed by atoms with E-state index in [0.29, 0.717) is 0 Å². The summed E-state index contributed by atoms with van der Waals surface area (Å²) >= 11 is 0. The molecule has 1 heterocycles. The summed E-state index contributed by atoms with van der Waals surface area (Å²) in [6.45, 7) is 4.94. The third kappa shape index (κ3) is 1.43. The molecule has 0 radical (unpaired) electrons. The molecule has 2 fully saturated rings. The van der Waals surface area contributed by atoms with E-state index in [9.17, 15) is 15.3 Å². The molecule has 1 saturated heterocycles. The van der Waals surface area contributed by atoms with Crippen molar-refractivity contribution in [1.29, 1.82) is 0 Å².